The normalized spacial score (nSPS) is 14.5. The van der Waals surface area contributed by atoms with Crippen molar-refractivity contribution in [2.45, 2.75) is 97.4 Å². The van der Waals surface area contributed by atoms with Gasteiger partial charge in [0.1, 0.15) is 24.2 Å². The Labute approximate surface area is 279 Å². The summed E-state index contributed by atoms with van der Waals surface area (Å²) in [6, 6.07) is 13.9. The lowest BCUT2D eigenvalue weighted by molar-refractivity contribution is -0.135. The summed E-state index contributed by atoms with van der Waals surface area (Å²) >= 11 is 0. The average molecular weight is 651 g/mol. The fourth-order valence-corrected chi connectivity index (χ4v) is 5.26. The smallest absolute Gasteiger partial charge is 0.243 e. The second kappa shape index (κ2) is 19.4. The van der Waals surface area contributed by atoms with E-state index >= 15 is 0 Å². The van der Waals surface area contributed by atoms with Gasteiger partial charge in [0.15, 0.2) is 0 Å². The molecule has 2 aromatic carbocycles. The second-order valence-corrected chi connectivity index (χ2v) is 13.3. The van der Waals surface area contributed by atoms with E-state index in [4.69, 9.17) is 5.73 Å². The molecule has 0 radical (unpaired) electrons. The number of nitrogens with two attached hydrogens (primary N) is 1. The first-order valence-corrected chi connectivity index (χ1v) is 16.5. The SMILES string of the molecule is CN[C@H](CC(C)C)C(=O)NC(C(=O)N[C@H](Cc1ccccc1)C(=O)N[C@H](Cc1ccccc1)C(=O)N[C@H](CC(C)C)C(N)=O)C(C)C. The molecule has 0 heterocycles. The lowest BCUT2D eigenvalue weighted by Crippen LogP contribution is -2.60. The molecule has 47 heavy (non-hydrogen) atoms. The number of benzene rings is 2. The van der Waals surface area contributed by atoms with Gasteiger partial charge in [0, 0.05) is 12.8 Å². The molecule has 258 valence electrons. The van der Waals surface area contributed by atoms with Crippen LogP contribution in [-0.4, -0.2) is 66.8 Å². The van der Waals surface area contributed by atoms with Gasteiger partial charge < -0.3 is 32.3 Å². The molecule has 11 nitrogen and oxygen atoms in total. The zero-order chi connectivity index (χ0) is 35.1. The van der Waals surface area contributed by atoms with E-state index in [2.05, 4.69) is 26.6 Å². The van der Waals surface area contributed by atoms with Crippen molar-refractivity contribution >= 4 is 29.5 Å². The van der Waals surface area contributed by atoms with E-state index in [9.17, 15) is 24.0 Å². The van der Waals surface area contributed by atoms with Crippen molar-refractivity contribution in [3.63, 3.8) is 0 Å². The third kappa shape index (κ3) is 13.6. The van der Waals surface area contributed by atoms with Crippen LogP contribution < -0.4 is 32.3 Å². The number of primary amides is 1. The molecule has 0 aliphatic heterocycles. The van der Waals surface area contributed by atoms with Crippen LogP contribution in [0.25, 0.3) is 0 Å². The highest BCUT2D eigenvalue weighted by atomic mass is 16.2. The maximum atomic E-state index is 14.0. The van der Waals surface area contributed by atoms with Gasteiger partial charge in [-0.2, -0.15) is 0 Å². The van der Waals surface area contributed by atoms with Gasteiger partial charge in [0.25, 0.3) is 0 Å². The minimum Gasteiger partial charge on any atom is -0.368 e. The van der Waals surface area contributed by atoms with Crippen LogP contribution in [0, 0.1) is 17.8 Å². The first-order chi connectivity index (χ1) is 22.2. The maximum Gasteiger partial charge on any atom is 0.243 e. The van der Waals surface area contributed by atoms with E-state index in [1.807, 2.05) is 102 Å². The molecule has 5 amide bonds. The van der Waals surface area contributed by atoms with Crippen LogP contribution in [0.1, 0.15) is 65.5 Å². The lowest BCUT2D eigenvalue weighted by Gasteiger charge is -2.28. The van der Waals surface area contributed by atoms with E-state index in [1.54, 1.807) is 7.05 Å². The molecule has 0 fully saturated rings. The lowest BCUT2D eigenvalue weighted by atomic mass is 9.98. The summed E-state index contributed by atoms with van der Waals surface area (Å²) in [5.41, 5.74) is 7.17. The molecule has 0 saturated heterocycles. The summed E-state index contributed by atoms with van der Waals surface area (Å²) in [6.45, 7) is 11.5. The van der Waals surface area contributed by atoms with Crippen molar-refractivity contribution in [3.8, 4) is 0 Å². The van der Waals surface area contributed by atoms with Gasteiger partial charge in [0.2, 0.25) is 29.5 Å². The summed E-state index contributed by atoms with van der Waals surface area (Å²) in [4.78, 5) is 66.6. The highest BCUT2D eigenvalue weighted by Gasteiger charge is 2.33. The van der Waals surface area contributed by atoms with Gasteiger partial charge in [0.05, 0.1) is 6.04 Å². The molecule has 0 saturated carbocycles. The summed E-state index contributed by atoms with van der Waals surface area (Å²) < 4.78 is 0. The molecule has 5 atom stereocenters. The van der Waals surface area contributed by atoms with Crippen LogP contribution in [0.2, 0.25) is 0 Å². The number of nitrogens with one attached hydrogen (secondary N) is 5. The fourth-order valence-electron chi connectivity index (χ4n) is 5.26. The Bertz CT molecular complexity index is 1300. The largest absolute Gasteiger partial charge is 0.368 e. The third-order valence-electron chi connectivity index (χ3n) is 7.82. The van der Waals surface area contributed by atoms with Crippen molar-refractivity contribution < 1.29 is 24.0 Å². The molecule has 0 bridgehead atoms. The Morgan fingerprint density at radius 3 is 1.32 bits per heavy atom. The minimum atomic E-state index is -1.08. The van der Waals surface area contributed by atoms with Crippen LogP contribution in [0.3, 0.4) is 0 Å². The first kappa shape index (κ1) is 38.9. The highest BCUT2D eigenvalue weighted by Crippen LogP contribution is 2.12. The van der Waals surface area contributed by atoms with Crippen LogP contribution in [0.15, 0.2) is 60.7 Å². The minimum absolute atomic E-state index is 0.0867. The van der Waals surface area contributed by atoms with Crippen molar-refractivity contribution in [3.05, 3.63) is 71.8 Å². The maximum absolute atomic E-state index is 14.0. The number of carbonyl (C=O) groups excluding carboxylic acids is 5. The van der Waals surface area contributed by atoms with Gasteiger partial charge in [-0.25, -0.2) is 0 Å². The van der Waals surface area contributed by atoms with Gasteiger partial charge in [-0.1, -0.05) is 102 Å². The van der Waals surface area contributed by atoms with E-state index in [0.717, 1.165) is 11.1 Å². The molecular weight excluding hydrogens is 596 g/mol. The van der Waals surface area contributed by atoms with Crippen molar-refractivity contribution in [2.24, 2.45) is 23.5 Å². The molecule has 11 heteroatoms. The predicted molar refractivity (Wildman–Crippen MR) is 184 cm³/mol. The monoisotopic (exact) mass is 650 g/mol. The topological polar surface area (TPSA) is 172 Å². The zero-order valence-corrected chi connectivity index (χ0v) is 28.8. The summed E-state index contributed by atoms with van der Waals surface area (Å²) in [5, 5.41) is 14.3. The summed E-state index contributed by atoms with van der Waals surface area (Å²) in [7, 11) is 1.70. The molecule has 0 aromatic heterocycles. The number of carbonyl (C=O) groups is 5. The second-order valence-electron chi connectivity index (χ2n) is 13.3. The fraction of sp³-hybridized carbons (Fsp3) is 0.528. The number of rotatable bonds is 19. The van der Waals surface area contributed by atoms with Gasteiger partial charge >= 0.3 is 0 Å². The van der Waals surface area contributed by atoms with Crippen LogP contribution in [0.5, 0.6) is 0 Å². The Balaban J connectivity index is 2.37. The van der Waals surface area contributed by atoms with Crippen molar-refractivity contribution in [1.29, 1.82) is 0 Å². The van der Waals surface area contributed by atoms with E-state index in [-0.39, 0.29) is 36.5 Å². The molecule has 0 aliphatic carbocycles. The summed E-state index contributed by atoms with van der Waals surface area (Å²) in [5.74, 6) is -2.56. The third-order valence-corrected chi connectivity index (χ3v) is 7.82. The predicted octanol–water partition coefficient (Wildman–Crippen LogP) is 2.23. The van der Waals surface area contributed by atoms with Crippen LogP contribution >= 0.6 is 0 Å². The summed E-state index contributed by atoms with van der Waals surface area (Å²) in [6.07, 6.45) is 1.21. The van der Waals surface area contributed by atoms with E-state index < -0.39 is 53.8 Å². The van der Waals surface area contributed by atoms with Gasteiger partial charge in [-0.15, -0.1) is 0 Å². The molecule has 0 spiro atoms. The van der Waals surface area contributed by atoms with Crippen LogP contribution in [-0.2, 0) is 36.8 Å². The average Bonchev–Trinajstić information content (AvgIpc) is 3.01. The number of hydrogen-bond acceptors (Lipinski definition) is 6. The molecule has 2 rings (SSSR count). The van der Waals surface area contributed by atoms with E-state index in [0.29, 0.717) is 12.8 Å². The van der Waals surface area contributed by atoms with Crippen molar-refractivity contribution in [1.82, 2.24) is 26.6 Å². The van der Waals surface area contributed by atoms with Gasteiger partial charge in [-0.3, -0.25) is 24.0 Å². The first-order valence-electron chi connectivity index (χ1n) is 16.5. The molecule has 2 aromatic rings. The quantitative estimate of drug-likeness (QED) is 0.136. The van der Waals surface area contributed by atoms with Crippen molar-refractivity contribution in [2.75, 3.05) is 7.05 Å². The Hall–Kier alpha value is -4.25. The van der Waals surface area contributed by atoms with Gasteiger partial charge in [-0.05, 0) is 48.8 Å². The number of likely N-dealkylation sites (N-methyl/N-ethyl adjacent to an activating group) is 1. The Kier molecular flexibility index (Phi) is 16.1. The molecule has 7 N–H and O–H groups in total. The van der Waals surface area contributed by atoms with Crippen LogP contribution in [0.4, 0.5) is 0 Å². The Morgan fingerprint density at radius 1 is 0.553 bits per heavy atom. The number of hydrogen-bond donors (Lipinski definition) is 6. The molecular formula is C36H54N6O5. The standard InChI is InChI=1S/C36H54N6O5/c1-22(2)18-27(32(37)43)39-34(45)29(20-25-14-10-8-11-15-25)40-35(46)30(21-26-16-12-9-13-17-26)41-36(47)31(24(5)6)42-33(44)28(38-7)19-23(3)4/h8-17,22-24,27-31,38H,18-21H2,1-7H3,(H2,37,43)(H,39,45)(H,40,46)(H,41,47)(H,42,44)/t27-,28-,29-,30-,31?/m1/s1. The zero-order valence-electron chi connectivity index (χ0n) is 28.8. The molecule has 0 aliphatic rings. The Morgan fingerprint density at radius 2 is 0.936 bits per heavy atom. The molecule has 1 unspecified atom stereocenters. The van der Waals surface area contributed by atoms with E-state index in [1.165, 1.54) is 0 Å². The highest BCUT2D eigenvalue weighted by molar-refractivity contribution is 5.96. The number of amides is 5.